The van der Waals surface area contributed by atoms with Crippen LogP contribution in [0.25, 0.3) is 5.65 Å². The lowest BCUT2D eigenvalue weighted by molar-refractivity contribution is -0.142. The minimum Gasteiger partial charge on any atom is -0.303 e. The van der Waals surface area contributed by atoms with Gasteiger partial charge in [0.2, 0.25) is 0 Å². The smallest absolute Gasteiger partial charge is 0.303 e. The summed E-state index contributed by atoms with van der Waals surface area (Å²) in [5.74, 6) is 0.0668. The standard InChI is InChI=1S/C23H34F3N5/c1-16(2)18-11-20(23(24,25)26)31-21(27-18)12-19(28-31)17-7-10-30(13-17)15-22(3,4)14-29-8-5-6-9-29/h11-12,16-17H,5-10,13-15H2,1-4H3. The Balaban J connectivity index is 1.50. The number of alkyl halides is 3. The largest absolute Gasteiger partial charge is 0.433 e. The first kappa shape index (κ1) is 22.5. The predicted molar refractivity (Wildman–Crippen MR) is 115 cm³/mol. The van der Waals surface area contributed by atoms with Crippen LogP contribution in [-0.2, 0) is 6.18 Å². The molecule has 4 heterocycles. The Bertz CT molecular complexity index is 912. The summed E-state index contributed by atoms with van der Waals surface area (Å²) in [6, 6.07) is 2.89. The van der Waals surface area contributed by atoms with Gasteiger partial charge in [-0.25, -0.2) is 9.50 Å². The Labute approximate surface area is 182 Å². The molecule has 0 aliphatic carbocycles. The Kier molecular flexibility index (Phi) is 6.07. The topological polar surface area (TPSA) is 36.7 Å². The van der Waals surface area contributed by atoms with Crippen LogP contribution in [-0.4, -0.2) is 63.7 Å². The molecule has 0 amide bonds. The maximum Gasteiger partial charge on any atom is 0.433 e. The van der Waals surface area contributed by atoms with Gasteiger partial charge in [-0.2, -0.15) is 18.3 Å². The first-order chi connectivity index (χ1) is 14.5. The van der Waals surface area contributed by atoms with E-state index >= 15 is 0 Å². The number of rotatable bonds is 6. The summed E-state index contributed by atoms with van der Waals surface area (Å²) >= 11 is 0. The van der Waals surface area contributed by atoms with Crippen LogP contribution in [0.15, 0.2) is 12.1 Å². The van der Waals surface area contributed by atoms with Crippen LogP contribution in [0.4, 0.5) is 13.2 Å². The number of hydrogen-bond acceptors (Lipinski definition) is 4. The average molecular weight is 438 g/mol. The van der Waals surface area contributed by atoms with E-state index in [1.165, 1.54) is 25.9 Å². The van der Waals surface area contributed by atoms with E-state index in [0.717, 1.165) is 48.9 Å². The molecule has 0 radical (unpaired) electrons. The highest BCUT2D eigenvalue weighted by molar-refractivity contribution is 5.44. The number of hydrogen-bond donors (Lipinski definition) is 0. The van der Waals surface area contributed by atoms with Gasteiger partial charge in [0.25, 0.3) is 0 Å². The van der Waals surface area contributed by atoms with Gasteiger partial charge >= 0.3 is 6.18 Å². The van der Waals surface area contributed by atoms with Crippen LogP contribution in [0.5, 0.6) is 0 Å². The minimum atomic E-state index is -4.46. The summed E-state index contributed by atoms with van der Waals surface area (Å²) < 4.78 is 42.0. The number of fused-ring (bicyclic) bond motifs is 1. The van der Waals surface area contributed by atoms with Crippen molar-refractivity contribution in [2.24, 2.45) is 5.41 Å². The SMILES string of the molecule is CC(C)c1cc(C(F)(F)F)n2nc(C3CCN(CC(C)(C)CN4CCCC4)C3)cc2n1. The van der Waals surface area contributed by atoms with Gasteiger partial charge in [-0.1, -0.05) is 27.7 Å². The van der Waals surface area contributed by atoms with Gasteiger partial charge in [0.1, 0.15) is 5.69 Å². The molecule has 1 atom stereocenters. The maximum absolute atomic E-state index is 13.7. The highest BCUT2D eigenvalue weighted by Crippen LogP contribution is 2.34. The lowest BCUT2D eigenvalue weighted by atomic mass is 9.92. The number of nitrogens with zero attached hydrogens (tertiary/aromatic N) is 5. The number of halogens is 3. The molecule has 31 heavy (non-hydrogen) atoms. The van der Waals surface area contributed by atoms with E-state index in [1.54, 1.807) is 6.07 Å². The molecule has 0 spiro atoms. The summed E-state index contributed by atoms with van der Waals surface area (Å²) in [7, 11) is 0. The fourth-order valence-electron chi connectivity index (χ4n) is 5.13. The summed E-state index contributed by atoms with van der Waals surface area (Å²) in [5.41, 5.74) is 0.909. The highest BCUT2D eigenvalue weighted by Gasteiger charge is 2.37. The van der Waals surface area contributed by atoms with Crippen molar-refractivity contribution in [1.29, 1.82) is 0 Å². The van der Waals surface area contributed by atoms with E-state index < -0.39 is 11.9 Å². The lowest BCUT2D eigenvalue weighted by Gasteiger charge is -2.33. The summed E-state index contributed by atoms with van der Waals surface area (Å²) in [6.07, 6.45) is -0.956. The maximum atomic E-state index is 13.7. The molecule has 0 aromatic carbocycles. The molecular weight excluding hydrogens is 403 g/mol. The van der Waals surface area contributed by atoms with E-state index in [9.17, 15) is 13.2 Å². The molecular formula is C23H34F3N5. The first-order valence-corrected chi connectivity index (χ1v) is 11.4. The second-order valence-corrected chi connectivity index (χ2v) is 10.4. The van der Waals surface area contributed by atoms with Crippen LogP contribution >= 0.6 is 0 Å². The van der Waals surface area contributed by atoms with Crippen LogP contribution in [0.3, 0.4) is 0 Å². The number of aromatic nitrogens is 3. The zero-order chi connectivity index (χ0) is 22.4. The summed E-state index contributed by atoms with van der Waals surface area (Å²) in [6.45, 7) is 14.6. The molecule has 2 aromatic heterocycles. The van der Waals surface area contributed by atoms with E-state index in [1.807, 2.05) is 13.8 Å². The van der Waals surface area contributed by atoms with E-state index in [2.05, 4.69) is 33.7 Å². The Hall–Kier alpha value is -1.67. The van der Waals surface area contributed by atoms with Crippen molar-refractivity contribution in [2.45, 2.75) is 65.0 Å². The molecule has 172 valence electrons. The van der Waals surface area contributed by atoms with Crippen LogP contribution in [0.2, 0.25) is 0 Å². The molecule has 2 aliphatic rings. The second kappa shape index (κ2) is 8.35. The van der Waals surface area contributed by atoms with Crippen molar-refractivity contribution in [3.05, 3.63) is 29.2 Å². The Morgan fingerprint density at radius 3 is 2.35 bits per heavy atom. The Morgan fingerprint density at radius 2 is 1.71 bits per heavy atom. The van der Waals surface area contributed by atoms with Crippen LogP contribution in [0.1, 0.15) is 75.9 Å². The van der Waals surface area contributed by atoms with Crippen LogP contribution in [0, 0.1) is 5.41 Å². The monoisotopic (exact) mass is 437 g/mol. The molecule has 8 heteroatoms. The number of likely N-dealkylation sites (tertiary alicyclic amines) is 2. The van der Waals surface area contributed by atoms with Crippen molar-refractivity contribution < 1.29 is 13.2 Å². The van der Waals surface area contributed by atoms with Crippen LogP contribution < -0.4 is 0 Å². The zero-order valence-corrected chi connectivity index (χ0v) is 19.0. The van der Waals surface area contributed by atoms with E-state index in [4.69, 9.17) is 0 Å². The van der Waals surface area contributed by atoms with E-state index in [0.29, 0.717) is 11.3 Å². The highest BCUT2D eigenvalue weighted by atomic mass is 19.4. The van der Waals surface area contributed by atoms with Crippen molar-refractivity contribution in [3.8, 4) is 0 Å². The lowest BCUT2D eigenvalue weighted by Crippen LogP contribution is -2.40. The second-order valence-electron chi connectivity index (χ2n) is 10.4. The summed E-state index contributed by atoms with van der Waals surface area (Å²) in [5, 5.41) is 4.37. The zero-order valence-electron chi connectivity index (χ0n) is 19.0. The quantitative estimate of drug-likeness (QED) is 0.652. The third-order valence-corrected chi connectivity index (χ3v) is 6.54. The van der Waals surface area contributed by atoms with Gasteiger partial charge in [-0.3, -0.25) is 0 Å². The molecule has 2 saturated heterocycles. The molecule has 2 aromatic rings. The van der Waals surface area contributed by atoms with Gasteiger partial charge in [0.15, 0.2) is 5.65 Å². The molecule has 4 rings (SSSR count). The fourth-order valence-corrected chi connectivity index (χ4v) is 5.13. The fraction of sp³-hybridized carbons (Fsp3) is 0.739. The third-order valence-electron chi connectivity index (χ3n) is 6.54. The third kappa shape index (κ3) is 5.06. The van der Waals surface area contributed by atoms with Gasteiger partial charge in [0, 0.05) is 37.3 Å². The first-order valence-electron chi connectivity index (χ1n) is 11.4. The molecule has 0 saturated carbocycles. The molecule has 1 unspecified atom stereocenters. The van der Waals surface area contributed by atoms with Crippen molar-refractivity contribution in [1.82, 2.24) is 24.4 Å². The van der Waals surface area contributed by atoms with Crippen molar-refractivity contribution >= 4 is 5.65 Å². The van der Waals surface area contributed by atoms with Gasteiger partial charge in [0.05, 0.1) is 5.69 Å². The molecule has 0 bridgehead atoms. The Morgan fingerprint density at radius 1 is 1.03 bits per heavy atom. The minimum absolute atomic E-state index is 0.0794. The predicted octanol–water partition coefficient (Wildman–Crippen LogP) is 4.78. The van der Waals surface area contributed by atoms with Gasteiger partial charge in [-0.05, 0) is 56.3 Å². The van der Waals surface area contributed by atoms with Crippen molar-refractivity contribution in [3.63, 3.8) is 0 Å². The normalized spacial score (nSPS) is 21.7. The molecule has 2 fully saturated rings. The van der Waals surface area contributed by atoms with Crippen molar-refractivity contribution in [2.75, 3.05) is 39.3 Å². The van der Waals surface area contributed by atoms with E-state index in [-0.39, 0.29) is 17.3 Å². The van der Waals surface area contributed by atoms with Gasteiger partial charge in [-0.15, -0.1) is 0 Å². The molecule has 5 nitrogen and oxygen atoms in total. The van der Waals surface area contributed by atoms with Gasteiger partial charge < -0.3 is 9.80 Å². The molecule has 0 N–H and O–H groups in total. The summed E-state index contributed by atoms with van der Waals surface area (Å²) in [4.78, 5) is 9.45. The molecule has 2 aliphatic heterocycles. The average Bonchev–Trinajstić information content (AvgIpc) is 3.39.